The quantitative estimate of drug-likeness (QED) is 0.348. The number of carbonyl (C=O) groups is 1. The normalized spacial score (nSPS) is 12.1. The van der Waals surface area contributed by atoms with Crippen molar-refractivity contribution in [3.05, 3.63) is 27.0 Å². The number of phenolic OH excluding ortho intramolecular Hbond substituents is 1. The van der Waals surface area contributed by atoms with E-state index in [0.29, 0.717) is 11.3 Å². The van der Waals surface area contributed by atoms with Crippen LogP contribution in [0.3, 0.4) is 0 Å². The summed E-state index contributed by atoms with van der Waals surface area (Å²) in [6.45, 7) is 2.46. The highest BCUT2D eigenvalue weighted by molar-refractivity contribution is 9.10. The topological polar surface area (TPSA) is 109 Å². The summed E-state index contributed by atoms with van der Waals surface area (Å²) in [5, 5.41) is 21.4. The van der Waals surface area contributed by atoms with Gasteiger partial charge in [0, 0.05) is 22.0 Å². The van der Waals surface area contributed by atoms with Crippen LogP contribution in [-0.4, -0.2) is 30.8 Å². The Bertz CT molecular complexity index is 998. The van der Waals surface area contributed by atoms with Crippen molar-refractivity contribution in [2.75, 3.05) is 19.8 Å². The molecule has 29 heavy (non-hydrogen) atoms. The number of aromatic hydroxyl groups is 1. The number of halogens is 3. The zero-order valence-corrected chi connectivity index (χ0v) is 18.8. The number of carbonyl (C=O) groups excluding carboxylic acids is 1. The first kappa shape index (κ1) is 23.7. The number of hydrogen-bond donors (Lipinski definition) is 2. The molecule has 2 N–H and O–H groups in total. The molecular weight excluding hydrogens is 493 g/mol. The number of rotatable bonds is 9. The van der Waals surface area contributed by atoms with Crippen LogP contribution < -0.4 is 5.32 Å². The largest absolute Gasteiger partial charge is 0.506 e. The van der Waals surface area contributed by atoms with Gasteiger partial charge in [0.25, 0.3) is 5.91 Å². The molecule has 7 nitrogen and oxygen atoms in total. The summed E-state index contributed by atoms with van der Waals surface area (Å²) < 4.78 is 52.6. The summed E-state index contributed by atoms with van der Waals surface area (Å²) >= 11 is 3.60. The fraction of sp³-hybridized carbons (Fsp3) is 0.412. The van der Waals surface area contributed by atoms with Crippen LogP contribution in [0.15, 0.2) is 16.6 Å². The van der Waals surface area contributed by atoms with Crippen LogP contribution in [0.2, 0.25) is 0 Å². The monoisotopic (exact) mass is 510 g/mol. The first-order valence-corrected chi connectivity index (χ1v) is 11.7. The molecule has 2 aromatic rings. The lowest BCUT2D eigenvalue weighted by Gasteiger charge is -2.25. The van der Waals surface area contributed by atoms with Crippen molar-refractivity contribution in [1.82, 2.24) is 5.32 Å². The molecule has 1 heterocycles. The Morgan fingerprint density at radius 1 is 1.38 bits per heavy atom. The summed E-state index contributed by atoms with van der Waals surface area (Å²) in [5.74, 6) is -0.957. The van der Waals surface area contributed by atoms with Crippen LogP contribution in [-0.2, 0) is 19.3 Å². The highest BCUT2D eigenvalue weighted by Gasteiger charge is 2.57. The second-order valence-corrected chi connectivity index (χ2v) is 9.54. The average Bonchev–Trinajstić information content (AvgIpc) is 3.00. The lowest BCUT2D eigenvalue weighted by molar-refractivity contribution is 0.0387. The molecule has 12 heteroatoms. The molecule has 1 amide bonds. The van der Waals surface area contributed by atoms with Crippen LogP contribution in [0.25, 0.3) is 10.1 Å². The van der Waals surface area contributed by atoms with Gasteiger partial charge in [0.2, 0.25) is 0 Å². The molecule has 0 aliphatic heterocycles. The Kier molecular flexibility index (Phi) is 7.76. The molecule has 1 aromatic heterocycles. The number of hydrogen-bond acceptors (Lipinski definition) is 7. The molecule has 0 saturated carbocycles. The molecule has 0 aliphatic rings. The standard InChI is InChI=1S/C17H18BrF2N2O5PS/c1-3-26-28(25,27-4-2)17(19,20)15-13(18)11-8-10(9-12(23)14(11)29-15)16(24)22-7-5-6-21/h8-9,23H,3-5,7H2,1-2H3,(H,22,24). The number of alkyl halides is 2. The molecule has 0 saturated heterocycles. The minimum atomic E-state index is -4.84. The number of amides is 1. The first-order chi connectivity index (χ1) is 13.6. The number of nitrogens with zero attached hydrogens (tertiary/aromatic N) is 1. The van der Waals surface area contributed by atoms with E-state index in [2.05, 4.69) is 21.2 Å². The van der Waals surface area contributed by atoms with E-state index >= 15 is 8.78 Å². The molecule has 0 fully saturated rings. The minimum absolute atomic E-state index is 0.0269. The molecule has 0 aliphatic carbocycles. The lowest BCUT2D eigenvalue weighted by Crippen LogP contribution is -2.24. The summed E-state index contributed by atoms with van der Waals surface area (Å²) in [5.41, 5.74) is -3.96. The molecule has 2 rings (SSSR count). The van der Waals surface area contributed by atoms with Crippen LogP contribution in [0, 0.1) is 11.3 Å². The maximum atomic E-state index is 15.1. The smallest absolute Gasteiger partial charge is 0.405 e. The molecule has 158 valence electrons. The highest BCUT2D eigenvalue weighted by Crippen LogP contribution is 2.69. The van der Waals surface area contributed by atoms with Gasteiger partial charge in [-0.05, 0) is 41.9 Å². The van der Waals surface area contributed by atoms with Gasteiger partial charge in [0.15, 0.2) is 0 Å². The van der Waals surface area contributed by atoms with Gasteiger partial charge in [-0.1, -0.05) is 0 Å². The fourth-order valence-electron chi connectivity index (χ4n) is 2.48. The van der Waals surface area contributed by atoms with Crippen molar-refractivity contribution >= 4 is 50.9 Å². The molecule has 0 unspecified atom stereocenters. The summed E-state index contributed by atoms with van der Waals surface area (Å²) in [6, 6.07) is 4.34. The third-order valence-corrected chi connectivity index (χ3v) is 8.35. The maximum absolute atomic E-state index is 15.1. The van der Waals surface area contributed by atoms with Crippen molar-refractivity contribution in [2.24, 2.45) is 0 Å². The van der Waals surface area contributed by atoms with Gasteiger partial charge >= 0.3 is 13.3 Å². The Labute approximate surface area is 178 Å². The van der Waals surface area contributed by atoms with E-state index in [0.717, 1.165) is 6.07 Å². The second-order valence-electron chi connectivity index (χ2n) is 5.66. The zero-order chi connectivity index (χ0) is 21.8. The fourth-order valence-corrected chi connectivity index (χ4v) is 6.44. The molecule has 0 bridgehead atoms. The van der Waals surface area contributed by atoms with Crippen LogP contribution in [0.1, 0.15) is 35.5 Å². The van der Waals surface area contributed by atoms with Crippen molar-refractivity contribution in [2.45, 2.75) is 25.9 Å². The molecule has 0 spiro atoms. The van der Waals surface area contributed by atoms with Gasteiger partial charge in [-0.25, -0.2) is 0 Å². The summed E-state index contributed by atoms with van der Waals surface area (Å²) in [7, 11) is -4.84. The maximum Gasteiger partial charge on any atom is 0.405 e. The van der Waals surface area contributed by atoms with Crippen molar-refractivity contribution in [1.29, 1.82) is 5.26 Å². The van der Waals surface area contributed by atoms with Crippen LogP contribution in [0.5, 0.6) is 5.75 Å². The number of phenols is 1. The van der Waals surface area contributed by atoms with E-state index in [1.54, 1.807) is 0 Å². The lowest BCUT2D eigenvalue weighted by atomic mass is 10.1. The Hall–Kier alpha value is -1.57. The molecule has 0 atom stereocenters. The average molecular weight is 511 g/mol. The number of benzene rings is 1. The number of fused-ring (bicyclic) bond motifs is 1. The predicted octanol–water partition coefficient (Wildman–Crippen LogP) is 5.33. The third-order valence-electron chi connectivity index (χ3n) is 3.71. The van der Waals surface area contributed by atoms with Gasteiger partial charge < -0.3 is 19.5 Å². The van der Waals surface area contributed by atoms with Gasteiger partial charge in [0.1, 0.15) is 10.6 Å². The Balaban J connectivity index is 2.56. The van der Waals surface area contributed by atoms with Crippen LogP contribution in [0.4, 0.5) is 8.78 Å². The van der Waals surface area contributed by atoms with Gasteiger partial charge in [-0.2, -0.15) is 14.0 Å². The second kappa shape index (κ2) is 9.49. The van der Waals surface area contributed by atoms with Crippen LogP contribution >= 0.6 is 34.9 Å². The van der Waals surface area contributed by atoms with Crippen molar-refractivity contribution < 1.29 is 32.3 Å². The molecule has 0 radical (unpaired) electrons. The Morgan fingerprint density at radius 3 is 2.55 bits per heavy atom. The van der Waals surface area contributed by atoms with Gasteiger partial charge in [-0.15, -0.1) is 11.3 Å². The third kappa shape index (κ3) is 4.62. The van der Waals surface area contributed by atoms with E-state index in [-0.39, 0.29) is 52.1 Å². The van der Waals surface area contributed by atoms with Gasteiger partial charge in [0.05, 0.1) is 30.4 Å². The van der Waals surface area contributed by atoms with E-state index in [1.807, 2.05) is 6.07 Å². The SMILES string of the molecule is CCOP(=O)(OCC)C(F)(F)c1sc2c(O)cc(C(=O)NCCC#N)cc2c1Br. The Morgan fingerprint density at radius 2 is 2.00 bits per heavy atom. The van der Waals surface area contributed by atoms with E-state index in [1.165, 1.54) is 19.9 Å². The van der Waals surface area contributed by atoms with E-state index in [4.69, 9.17) is 14.3 Å². The summed E-state index contributed by atoms with van der Waals surface area (Å²) in [4.78, 5) is 11.5. The zero-order valence-electron chi connectivity index (χ0n) is 15.5. The number of thiophene rings is 1. The highest BCUT2D eigenvalue weighted by atomic mass is 79.9. The predicted molar refractivity (Wildman–Crippen MR) is 109 cm³/mol. The van der Waals surface area contributed by atoms with Crippen molar-refractivity contribution in [3.8, 4) is 11.8 Å². The number of nitrogens with one attached hydrogen (secondary N) is 1. The van der Waals surface area contributed by atoms with E-state index < -0.39 is 24.0 Å². The summed E-state index contributed by atoms with van der Waals surface area (Å²) in [6.07, 6.45) is 0.0998. The van der Waals surface area contributed by atoms with E-state index in [9.17, 15) is 14.5 Å². The van der Waals surface area contributed by atoms with Crippen molar-refractivity contribution in [3.63, 3.8) is 0 Å². The minimum Gasteiger partial charge on any atom is -0.506 e. The molecular formula is C17H18BrF2N2O5PS. The first-order valence-electron chi connectivity index (χ1n) is 8.50. The molecule has 1 aromatic carbocycles. The van der Waals surface area contributed by atoms with Gasteiger partial charge in [-0.3, -0.25) is 9.36 Å². The number of nitriles is 1.